The van der Waals surface area contributed by atoms with E-state index in [2.05, 4.69) is 0 Å². The van der Waals surface area contributed by atoms with Crippen LogP contribution in [-0.2, 0) is 9.59 Å². The van der Waals surface area contributed by atoms with Crippen molar-refractivity contribution < 1.29 is 19.1 Å². The first kappa shape index (κ1) is 20.7. The van der Waals surface area contributed by atoms with E-state index in [0.29, 0.717) is 43.7 Å². The summed E-state index contributed by atoms with van der Waals surface area (Å²) in [5.41, 5.74) is 6.79. The minimum atomic E-state index is -0.294. The zero-order chi connectivity index (χ0) is 19.0. The van der Waals surface area contributed by atoms with Crippen molar-refractivity contribution in [2.24, 2.45) is 17.6 Å². The van der Waals surface area contributed by atoms with Crippen LogP contribution in [0.2, 0.25) is 0 Å². The Morgan fingerprint density at radius 3 is 2.71 bits per heavy atom. The summed E-state index contributed by atoms with van der Waals surface area (Å²) in [5, 5.41) is 0. The molecule has 1 aromatic carbocycles. The Morgan fingerprint density at radius 1 is 1.21 bits per heavy atom. The van der Waals surface area contributed by atoms with Crippen molar-refractivity contribution in [3.05, 3.63) is 18.2 Å². The topological polar surface area (TPSA) is 85.1 Å². The van der Waals surface area contributed by atoms with Gasteiger partial charge >= 0.3 is 0 Å². The summed E-state index contributed by atoms with van der Waals surface area (Å²) in [6.07, 6.45) is 2.30. The molecule has 4 rings (SSSR count). The van der Waals surface area contributed by atoms with Gasteiger partial charge in [-0.1, -0.05) is 0 Å². The van der Waals surface area contributed by atoms with Crippen molar-refractivity contribution in [3.8, 4) is 11.5 Å². The third-order valence-electron chi connectivity index (χ3n) is 5.82. The molecule has 2 N–H and O–H groups in total. The molecule has 28 heavy (non-hydrogen) atoms. The highest BCUT2D eigenvalue weighted by molar-refractivity contribution is 6.00. The number of benzene rings is 1. The van der Waals surface area contributed by atoms with Gasteiger partial charge < -0.3 is 25.0 Å². The van der Waals surface area contributed by atoms with Crippen LogP contribution in [0.3, 0.4) is 0 Å². The summed E-state index contributed by atoms with van der Waals surface area (Å²) in [5.74, 6) is 1.45. The number of rotatable bonds is 3. The molecule has 0 saturated carbocycles. The van der Waals surface area contributed by atoms with Gasteiger partial charge in [0.1, 0.15) is 13.2 Å². The van der Waals surface area contributed by atoms with Gasteiger partial charge in [0.25, 0.3) is 0 Å². The molecule has 0 aromatic heterocycles. The van der Waals surface area contributed by atoms with Crippen LogP contribution in [0, 0.1) is 11.8 Å². The summed E-state index contributed by atoms with van der Waals surface area (Å²) in [6, 6.07) is 5.59. The minimum Gasteiger partial charge on any atom is -0.486 e. The zero-order valence-corrected chi connectivity index (χ0v) is 17.0. The molecule has 154 valence electrons. The standard InChI is InChI=1S/C20H27N3O4.ClH/c1-13(21)14-3-2-6-22(11-14)20(25)15-9-19(24)23(12-15)16-4-5-17-18(10-16)27-8-7-26-17;/h4-5,10,13-15H,2-3,6-9,11-12,21H2,1H3;1H. The third kappa shape index (κ3) is 4.05. The van der Waals surface area contributed by atoms with Gasteiger partial charge in [0.2, 0.25) is 11.8 Å². The molecule has 0 spiro atoms. The maximum absolute atomic E-state index is 13.0. The van der Waals surface area contributed by atoms with E-state index in [1.807, 2.05) is 30.0 Å². The molecule has 8 heteroatoms. The molecule has 3 aliphatic heterocycles. The molecule has 7 nitrogen and oxygen atoms in total. The Labute approximate surface area is 171 Å². The van der Waals surface area contributed by atoms with Gasteiger partial charge in [-0.05, 0) is 37.8 Å². The summed E-state index contributed by atoms with van der Waals surface area (Å²) in [6.45, 7) is 4.91. The van der Waals surface area contributed by atoms with Crippen LogP contribution in [0.5, 0.6) is 11.5 Å². The molecule has 0 aliphatic carbocycles. The highest BCUT2D eigenvalue weighted by atomic mass is 35.5. The van der Waals surface area contributed by atoms with Gasteiger partial charge in [-0.25, -0.2) is 0 Å². The molecule has 2 fully saturated rings. The fraction of sp³-hybridized carbons (Fsp3) is 0.600. The van der Waals surface area contributed by atoms with E-state index < -0.39 is 0 Å². The first-order valence-electron chi connectivity index (χ1n) is 9.77. The number of nitrogens with two attached hydrogens (primary N) is 1. The summed E-state index contributed by atoms with van der Waals surface area (Å²) < 4.78 is 11.1. The number of likely N-dealkylation sites (tertiary alicyclic amines) is 1. The highest BCUT2D eigenvalue weighted by Gasteiger charge is 2.39. The first-order chi connectivity index (χ1) is 13.0. The number of carbonyl (C=O) groups is 2. The summed E-state index contributed by atoms with van der Waals surface area (Å²) >= 11 is 0. The fourth-order valence-corrected chi connectivity index (χ4v) is 4.22. The van der Waals surface area contributed by atoms with E-state index in [4.69, 9.17) is 15.2 Å². The molecule has 3 aliphatic rings. The Hall–Kier alpha value is -1.99. The largest absolute Gasteiger partial charge is 0.486 e. The van der Waals surface area contributed by atoms with Crippen LogP contribution in [0.1, 0.15) is 26.2 Å². The lowest BCUT2D eigenvalue weighted by Crippen LogP contribution is -2.47. The van der Waals surface area contributed by atoms with E-state index in [1.165, 1.54) is 0 Å². The van der Waals surface area contributed by atoms with Crippen LogP contribution < -0.4 is 20.1 Å². The molecular formula is C20H28ClN3O4. The maximum atomic E-state index is 13.0. The number of carbonyl (C=O) groups excluding carboxylic acids is 2. The predicted molar refractivity (Wildman–Crippen MR) is 108 cm³/mol. The number of piperidine rings is 1. The van der Waals surface area contributed by atoms with Gasteiger partial charge in [0.15, 0.2) is 11.5 Å². The predicted octanol–water partition coefficient (Wildman–Crippen LogP) is 1.82. The average Bonchev–Trinajstić information content (AvgIpc) is 3.08. The highest BCUT2D eigenvalue weighted by Crippen LogP contribution is 2.36. The van der Waals surface area contributed by atoms with Gasteiger partial charge in [0, 0.05) is 43.9 Å². The molecule has 2 saturated heterocycles. The van der Waals surface area contributed by atoms with E-state index in [1.54, 1.807) is 4.90 Å². The molecule has 3 unspecified atom stereocenters. The Morgan fingerprint density at radius 2 is 1.96 bits per heavy atom. The number of anilines is 1. The fourth-order valence-electron chi connectivity index (χ4n) is 4.22. The van der Waals surface area contributed by atoms with Crippen molar-refractivity contribution in [3.63, 3.8) is 0 Å². The number of nitrogens with zero attached hydrogens (tertiary/aromatic N) is 2. The second-order valence-electron chi connectivity index (χ2n) is 7.78. The lowest BCUT2D eigenvalue weighted by atomic mass is 9.91. The second kappa shape index (κ2) is 8.57. The Bertz CT molecular complexity index is 742. The number of ether oxygens (including phenoxy) is 2. The molecule has 0 bridgehead atoms. The van der Waals surface area contributed by atoms with Crippen molar-refractivity contribution in [2.45, 2.75) is 32.2 Å². The second-order valence-corrected chi connectivity index (χ2v) is 7.78. The molecule has 1 aromatic rings. The SMILES string of the molecule is CC(N)C1CCCN(C(=O)C2CC(=O)N(c3ccc4c(c3)OCCO4)C2)C1.Cl. The van der Waals surface area contributed by atoms with E-state index >= 15 is 0 Å². The number of fused-ring (bicyclic) bond motifs is 1. The van der Waals surface area contributed by atoms with Crippen molar-refractivity contribution >= 4 is 29.9 Å². The molecule has 3 atom stereocenters. The normalized spacial score (nSPS) is 25.3. The van der Waals surface area contributed by atoms with E-state index in [0.717, 1.165) is 25.1 Å². The maximum Gasteiger partial charge on any atom is 0.228 e. The van der Waals surface area contributed by atoms with Crippen LogP contribution in [0.15, 0.2) is 18.2 Å². The monoisotopic (exact) mass is 409 g/mol. The Kier molecular flexibility index (Phi) is 6.35. The third-order valence-corrected chi connectivity index (χ3v) is 5.82. The number of halogens is 1. The summed E-state index contributed by atoms with van der Waals surface area (Å²) in [7, 11) is 0. The van der Waals surface area contributed by atoms with Crippen LogP contribution in [0.4, 0.5) is 5.69 Å². The molecule has 3 heterocycles. The lowest BCUT2D eigenvalue weighted by Gasteiger charge is -2.35. The van der Waals surface area contributed by atoms with E-state index in [-0.39, 0.29) is 42.6 Å². The summed E-state index contributed by atoms with van der Waals surface area (Å²) in [4.78, 5) is 29.2. The number of amides is 2. The zero-order valence-electron chi connectivity index (χ0n) is 16.1. The average molecular weight is 410 g/mol. The number of hydrogen-bond donors (Lipinski definition) is 1. The van der Waals surface area contributed by atoms with Crippen LogP contribution in [-0.4, -0.2) is 55.6 Å². The molecular weight excluding hydrogens is 382 g/mol. The van der Waals surface area contributed by atoms with Gasteiger partial charge in [0.05, 0.1) is 5.92 Å². The van der Waals surface area contributed by atoms with Crippen molar-refractivity contribution in [1.82, 2.24) is 4.90 Å². The van der Waals surface area contributed by atoms with Gasteiger partial charge in [-0.2, -0.15) is 0 Å². The smallest absolute Gasteiger partial charge is 0.228 e. The van der Waals surface area contributed by atoms with Gasteiger partial charge in [-0.3, -0.25) is 9.59 Å². The van der Waals surface area contributed by atoms with E-state index in [9.17, 15) is 9.59 Å². The Balaban J connectivity index is 0.00000225. The van der Waals surface area contributed by atoms with Crippen LogP contribution >= 0.6 is 12.4 Å². The first-order valence-corrected chi connectivity index (χ1v) is 9.77. The van der Waals surface area contributed by atoms with Crippen molar-refractivity contribution in [2.75, 3.05) is 37.7 Å². The number of hydrogen-bond acceptors (Lipinski definition) is 5. The minimum absolute atomic E-state index is 0. The van der Waals surface area contributed by atoms with Crippen LogP contribution in [0.25, 0.3) is 0 Å². The van der Waals surface area contributed by atoms with Gasteiger partial charge in [-0.15, -0.1) is 12.4 Å². The quantitative estimate of drug-likeness (QED) is 0.823. The molecule has 2 amide bonds. The lowest BCUT2D eigenvalue weighted by molar-refractivity contribution is -0.137. The molecule has 0 radical (unpaired) electrons. The van der Waals surface area contributed by atoms with Crippen molar-refractivity contribution in [1.29, 1.82) is 0 Å².